The first kappa shape index (κ1) is 25.8. The molecule has 4 aliphatic carbocycles. The largest absolute Gasteiger partial charge is 0.461 e. The Morgan fingerprint density at radius 1 is 0.941 bits per heavy atom. The van der Waals surface area contributed by atoms with Crippen molar-refractivity contribution in [3.05, 3.63) is 0 Å². The van der Waals surface area contributed by atoms with Gasteiger partial charge in [-0.05, 0) is 45.4 Å². The van der Waals surface area contributed by atoms with Gasteiger partial charge in [0.15, 0.2) is 6.10 Å². The van der Waals surface area contributed by atoms with Crippen molar-refractivity contribution in [3.63, 3.8) is 0 Å². The van der Waals surface area contributed by atoms with Gasteiger partial charge in [0.25, 0.3) is 0 Å². The van der Waals surface area contributed by atoms with Gasteiger partial charge in [0.2, 0.25) is 0 Å². The fourth-order valence-electron chi connectivity index (χ4n) is 8.44. The third-order valence-electron chi connectivity index (χ3n) is 10.2. The summed E-state index contributed by atoms with van der Waals surface area (Å²) in [6.45, 7) is 9.34. The van der Waals surface area contributed by atoms with E-state index in [1.807, 2.05) is 0 Å². The lowest BCUT2D eigenvalue weighted by Gasteiger charge is -2.53. The predicted molar refractivity (Wildman–Crippen MR) is 119 cm³/mol. The molecular weight excluding hydrogens is 444 g/mol. The third kappa shape index (κ3) is 3.03. The van der Waals surface area contributed by atoms with E-state index in [1.165, 1.54) is 6.92 Å². The number of hydrogen-bond donors (Lipinski definition) is 5. The Labute approximate surface area is 200 Å². The van der Waals surface area contributed by atoms with Gasteiger partial charge >= 0.3 is 11.9 Å². The van der Waals surface area contributed by atoms with Crippen LogP contribution < -0.4 is 0 Å². The zero-order valence-corrected chi connectivity index (χ0v) is 20.9. The molecule has 0 heterocycles. The Morgan fingerprint density at radius 2 is 1.56 bits per heavy atom. The first-order valence-electron chi connectivity index (χ1n) is 12.4. The van der Waals surface area contributed by atoms with Gasteiger partial charge in [-0.3, -0.25) is 9.59 Å². The van der Waals surface area contributed by atoms with Crippen LogP contribution in [0.5, 0.6) is 0 Å². The van der Waals surface area contributed by atoms with Crippen LogP contribution in [0, 0.1) is 28.6 Å². The van der Waals surface area contributed by atoms with E-state index < -0.39 is 81.7 Å². The highest BCUT2D eigenvalue weighted by Crippen LogP contribution is 2.70. The number of carbonyl (C=O) groups excluding carboxylic acids is 2. The van der Waals surface area contributed by atoms with Crippen LogP contribution in [0.2, 0.25) is 0 Å². The molecule has 0 aromatic carbocycles. The fraction of sp³-hybridized carbons (Fsp3) is 0.920. The van der Waals surface area contributed by atoms with E-state index in [2.05, 4.69) is 0 Å². The lowest BCUT2D eigenvalue weighted by molar-refractivity contribution is -0.236. The molecular formula is C25H40O9. The summed E-state index contributed by atoms with van der Waals surface area (Å²) >= 11 is 0. The average molecular weight is 485 g/mol. The molecule has 4 saturated carbocycles. The second kappa shape index (κ2) is 7.62. The number of carbonyl (C=O) groups is 2. The van der Waals surface area contributed by atoms with E-state index in [4.69, 9.17) is 9.47 Å². The molecule has 2 bridgehead atoms. The lowest BCUT2D eigenvalue weighted by atomic mass is 9.56. The molecule has 34 heavy (non-hydrogen) atoms. The Bertz CT molecular complexity index is 866. The molecule has 0 unspecified atom stereocenters. The van der Waals surface area contributed by atoms with Crippen molar-refractivity contribution in [3.8, 4) is 0 Å². The lowest BCUT2D eigenvalue weighted by Crippen LogP contribution is -2.65. The zero-order valence-electron chi connectivity index (χ0n) is 20.9. The first-order valence-corrected chi connectivity index (χ1v) is 12.4. The second-order valence-electron chi connectivity index (χ2n) is 12.2. The SMILES string of the molecule is CCC(=O)O[C@@H]1[C@@H](O)[C@]23C[C@@](C)(O)[C@H](CC[C@H]2[C@@](C)(O)[C@@H]2C[C@H](O)C(C)(C)[C@@]12O)[C@@H]3OC(C)=O. The number of aliphatic hydroxyl groups excluding tert-OH is 2. The van der Waals surface area contributed by atoms with E-state index in [1.54, 1.807) is 34.6 Å². The quantitative estimate of drug-likeness (QED) is 0.364. The van der Waals surface area contributed by atoms with Crippen molar-refractivity contribution >= 4 is 11.9 Å². The summed E-state index contributed by atoms with van der Waals surface area (Å²) in [5.74, 6) is -3.37. The minimum absolute atomic E-state index is 0.00342. The minimum atomic E-state index is -1.99. The predicted octanol–water partition coefficient (Wildman–Crippen LogP) is 0.671. The van der Waals surface area contributed by atoms with Crippen LogP contribution in [0.1, 0.15) is 73.6 Å². The maximum atomic E-state index is 12.6. The van der Waals surface area contributed by atoms with E-state index in [0.29, 0.717) is 12.8 Å². The topological polar surface area (TPSA) is 154 Å². The monoisotopic (exact) mass is 484 g/mol. The fourth-order valence-corrected chi connectivity index (χ4v) is 8.44. The van der Waals surface area contributed by atoms with Gasteiger partial charge in [0.05, 0.1) is 17.3 Å². The molecule has 194 valence electrons. The highest BCUT2D eigenvalue weighted by atomic mass is 16.6. The van der Waals surface area contributed by atoms with Gasteiger partial charge in [-0.25, -0.2) is 0 Å². The van der Waals surface area contributed by atoms with Crippen LogP contribution >= 0.6 is 0 Å². The molecule has 5 N–H and O–H groups in total. The molecule has 4 fully saturated rings. The molecule has 1 spiro atoms. The third-order valence-corrected chi connectivity index (χ3v) is 10.2. The standard InChI is InChI=1S/C25H40O9/c1-7-17(28)34-20-18(29)24-11-22(5,30)13(19(24)33-12(2)26)8-9-14(24)23(6,31)15-10-16(27)21(3,4)25(15,20)32/h13-16,18-20,27,29-32H,7-11H2,1-6H3/t13-,14+,15+,16+,18-,19+,20-,22-,23-,24+,25+/m1/s1. The zero-order chi connectivity index (χ0) is 25.6. The van der Waals surface area contributed by atoms with Gasteiger partial charge in [-0.1, -0.05) is 20.8 Å². The molecule has 0 aliphatic heterocycles. The molecule has 0 aromatic heterocycles. The highest BCUT2D eigenvalue weighted by molar-refractivity contribution is 5.69. The van der Waals surface area contributed by atoms with E-state index in [0.717, 1.165) is 0 Å². The Hall–Kier alpha value is -1.26. The van der Waals surface area contributed by atoms with Gasteiger partial charge in [-0.15, -0.1) is 0 Å². The van der Waals surface area contributed by atoms with Gasteiger partial charge in [0.1, 0.15) is 17.8 Å². The van der Waals surface area contributed by atoms with Crippen molar-refractivity contribution < 1.29 is 44.6 Å². The van der Waals surface area contributed by atoms with Gasteiger partial charge < -0.3 is 35.0 Å². The number of ether oxygens (including phenoxy) is 2. The minimum Gasteiger partial charge on any atom is -0.461 e. The van der Waals surface area contributed by atoms with E-state index in [-0.39, 0.29) is 19.3 Å². The maximum Gasteiger partial charge on any atom is 0.305 e. The van der Waals surface area contributed by atoms with E-state index >= 15 is 0 Å². The van der Waals surface area contributed by atoms with Crippen molar-refractivity contribution in [2.75, 3.05) is 0 Å². The molecule has 0 saturated heterocycles. The van der Waals surface area contributed by atoms with Crippen LogP contribution in [-0.2, 0) is 19.1 Å². The summed E-state index contributed by atoms with van der Waals surface area (Å²) in [4.78, 5) is 24.7. The van der Waals surface area contributed by atoms with E-state index in [9.17, 15) is 35.1 Å². The molecule has 9 heteroatoms. The van der Waals surface area contributed by atoms with Crippen LogP contribution in [-0.4, -0.2) is 78.7 Å². The molecule has 0 radical (unpaired) electrons. The van der Waals surface area contributed by atoms with Crippen molar-refractivity contribution in [2.45, 2.75) is 115 Å². The summed E-state index contributed by atoms with van der Waals surface area (Å²) in [6, 6.07) is 0. The highest BCUT2D eigenvalue weighted by Gasteiger charge is 2.80. The molecule has 0 amide bonds. The molecule has 0 aromatic rings. The summed E-state index contributed by atoms with van der Waals surface area (Å²) in [6.07, 6.45) is -4.18. The molecule has 4 rings (SSSR count). The van der Waals surface area contributed by atoms with Crippen LogP contribution in [0.4, 0.5) is 0 Å². The summed E-state index contributed by atoms with van der Waals surface area (Å²) in [7, 11) is 0. The van der Waals surface area contributed by atoms with Crippen molar-refractivity contribution in [1.29, 1.82) is 0 Å². The summed E-state index contributed by atoms with van der Waals surface area (Å²) < 4.78 is 11.5. The van der Waals surface area contributed by atoms with Crippen LogP contribution in [0.3, 0.4) is 0 Å². The van der Waals surface area contributed by atoms with Crippen molar-refractivity contribution in [2.24, 2.45) is 28.6 Å². The Kier molecular flexibility index (Phi) is 5.79. The average Bonchev–Trinajstić information content (AvgIpc) is 2.97. The number of esters is 2. The number of aliphatic hydroxyl groups is 5. The number of hydrogen-bond acceptors (Lipinski definition) is 9. The number of rotatable bonds is 3. The summed E-state index contributed by atoms with van der Waals surface area (Å²) in [5.41, 5.74) is -7.56. The van der Waals surface area contributed by atoms with Crippen LogP contribution in [0.25, 0.3) is 0 Å². The molecule has 9 nitrogen and oxygen atoms in total. The molecule has 4 aliphatic rings. The van der Waals surface area contributed by atoms with Crippen LogP contribution in [0.15, 0.2) is 0 Å². The Morgan fingerprint density at radius 3 is 2.12 bits per heavy atom. The van der Waals surface area contributed by atoms with Gasteiger partial charge in [-0.2, -0.15) is 0 Å². The Balaban J connectivity index is 2.00. The van der Waals surface area contributed by atoms with Gasteiger partial charge in [0, 0.05) is 36.0 Å². The number of fused-ring (bicyclic) bond motifs is 2. The first-order chi connectivity index (χ1) is 15.5. The second-order valence-corrected chi connectivity index (χ2v) is 12.2. The smallest absolute Gasteiger partial charge is 0.305 e. The van der Waals surface area contributed by atoms with Crippen molar-refractivity contribution in [1.82, 2.24) is 0 Å². The maximum absolute atomic E-state index is 12.6. The molecule has 11 atom stereocenters. The normalized spacial score (nSPS) is 53.4. The summed E-state index contributed by atoms with van der Waals surface area (Å²) in [5, 5.41) is 58.9.